The molecule has 94 valence electrons. The van der Waals surface area contributed by atoms with Crippen molar-refractivity contribution < 1.29 is 23.5 Å². The lowest BCUT2D eigenvalue weighted by Crippen LogP contribution is -2.34. The number of carbonyl (C=O) groups is 1. The van der Waals surface area contributed by atoms with Crippen molar-refractivity contribution in [3.8, 4) is 0 Å². The molecular weight excluding hydrogens is 244 g/mol. The fourth-order valence-electron chi connectivity index (χ4n) is 2.16. The highest BCUT2D eigenvalue weighted by molar-refractivity contribution is 5.87. The molecule has 1 aromatic carbocycles. The minimum absolute atomic E-state index is 0.345. The second-order valence-electron chi connectivity index (χ2n) is 4.21. The summed E-state index contributed by atoms with van der Waals surface area (Å²) in [6.07, 6.45) is 2.72. The van der Waals surface area contributed by atoms with Gasteiger partial charge in [-0.15, -0.1) is 0 Å². The molecule has 1 aliphatic rings. The Morgan fingerprint density at radius 2 is 1.89 bits per heavy atom. The van der Waals surface area contributed by atoms with Gasteiger partial charge in [0, 0.05) is 0 Å². The number of aliphatic imine (C=N–C) groups is 1. The van der Waals surface area contributed by atoms with Gasteiger partial charge >= 0.3 is 5.97 Å². The van der Waals surface area contributed by atoms with Gasteiger partial charge in [-0.3, -0.25) is 0 Å². The summed E-state index contributed by atoms with van der Waals surface area (Å²) < 4.78 is 27.6. The van der Waals surface area contributed by atoms with Crippen LogP contribution in [0.1, 0.15) is 35.2 Å². The van der Waals surface area contributed by atoms with Gasteiger partial charge in [0.1, 0.15) is 17.2 Å². The van der Waals surface area contributed by atoms with Crippen LogP contribution in [0, 0.1) is 11.6 Å². The molecule has 4 nitrogen and oxygen atoms in total. The number of benzene rings is 1. The zero-order valence-electron chi connectivity index (χ0n) is 9.24. The van der Waals surface area contributed by atoms with Crippen LogP contribution in [-0.2, 0) is 10.3 Å². The molecule has 6 heteroatoms. The first-order valence-corrected chi connectivity index (χ1v) is 5.32. The highest BCUT2D eigenvalue weighted by atomic mass is 19.1. The summed E-state index contributed by atoms with van der Waals surface area (Å²) in [4.78, 5) is 24.5. The maximum atomic E-state index is 13.8. The molecule has 1 aliphatic carbocycles. The third kappa shape index (κ3) is 1.80. The Bertz CT molecular complexity index is 537. The molecule has 0 atom stereocenters. The summed E-state index contributed by atoms with van der Waals surface area (Å²) >= 11 is 0. The SMILES string of the molecule is O=C=NC1(c2c(F)cc(C(=O)O)cc2F)CCC1. The smallest absolute Gasteiger partial charge is 0.335 e. The van der Waals surface area contributed by atoms with Gasteiger partial charge in [-0.1, -0.05) is 0 Å². The molecule has 1 N–H and O–H groups in total. The van der Waals surface area contributed by atoms with E-state index in [1.165, 1.54) is 6.08 Å². The number of carboxylic acid groups (broad SMARTS) is 1. The Hall–Kier alpha value is -2.07. The van der Waals surface area contributed by atoms with Crippen LogP contribution in [0.25, 0.3) is 0 Å². The van der Waals surface area contributed by atoms with Crippen LogP contribution >= 0.6 is 0 Å². The number of isocyanates is 1. The van der Waals surface area contributed by atoms with Gasteiger partial charge in [0.15, 0.2) is 0 Å². The summed E-state index contributed by atoms with van der Waals surface area (Å²) in [5.74, 6) is -3.40. The fraction of sp³-hybridized carbons (Fsp3) is 0.333. The molecule has 1 fully saturated rings. The fourth-order valence-corrected chi connectivity index (χ4v) is 2.16. The number of hydrogen-bond acceptors (Lipinski definition) is 3. The van der Waals surface area contributed by atoms with Gasteiger partial charge in [-0.25, -0.2) is 18.4 Å². The lowest BCUT2D eigenvalue weighted by Gasteiger charge is -2.37. The molecule has 18 heavy (non-hydrogen) atoms. The van der Waals surface area contributed by atoms with E-state index < -0.39 is 28.7 Å². The predicted molar refractivity (Wildman–Crippen MR) is 57.0 cm³/mol. The number of aromatic carboxylic acids is 1. The van der Waals surface area contributed by atoms with Gasteiger partial charge in [0.2, 0.25) is 6.08 Å². The molecule has 0 radical (unpaired) electrons. The first-order valence-electron chi connectivity index (χ1n) is 5.32. The molecule has 0 bridgehead atoms. The van der Waals surface area contributed by atoms with Crippen molar-refractivity contribution in [2.45, 2.75) is 24.8 Å². The third-order valence-corrected chi connectivity index (χ3v) is 3.19. The van der Waals surface area contributed by atoms with Crippen LogP contribution in [0.2, 0.25) is 0 Å². The minimum Gasteiger partial charge on any atom is -0.478 e. The number of nitrogens with zero attached hydrogens (tertiary/aromatic N) is 1. The van der Waals surface area contributed by atoms with Crippen LogP contribution in [-0.4, -0.2) is 17.2 Å². The molecule has 0 saturated heterocycles. The molecule has 0 amide bonds. The van der Waals surface area contributed by atoms with E-state index in [-0.39, 0.29) is 5.56 Å². The highest BCUT2D eigenvalue weighted by Gasteiger charge is 2.43. The lowest BCUT2D eigenvalue weighted by atomic mass is 9.72. The summed E-state index contributed by atoms with van der Waals surface area (Å²) in [7, 11) is 0. The van der Waals surface area contributed by atoms with E-state index in [0.29, 0.717) is 19.3 Å². The molecular formula is C12H9F2NO3. The second-order valence-corrected chi connectivity index (χ2v) is 4.21. The molecule has 1 saturated carbocycles. The van der Waals surface area contributed by atoms with E-state index in [0.717, 1.165) is 12.1 Å². The Kier molecular flexibility index (Phi) is 2.97. The van der Waals surface area contributed by atoms with E-state index in [1.54, 1.807) is 0 Å². The van der Waals surface area contributed by atoms with Crippen molar-refractivity contribution in [2.75, 3.05) is 0 Å². The number of carboxylic acids is 1. The molecule has 0 heterocycles. The number of hydrogen-bond donors (Lipinski definition) is 1. The Labute approximate surface area is 101 Å². The summed E-state index contributed by atoms with van der Waals surface area (Å²) in [5, 5.41) is 8.68. The molecule has 2 rings (SSSR count). The zero-order chi connectivity index (χ0) is 13.3. The van der Waals surface area contributed by atoms with E-state index in [1.807, 2.05) is 0 Å². The summed E-state index contributed by atoms with van der Waals surface area (Å²) in [6.45, 7) is 0. The van der Waals surface area contributed by atoms with Crippen molar-refractivity contribution in [1.82, 2.24) is 0 Å². The largest absolute Gasteiger partial charge is 0.478 e. The lowest BCUT2D eigenvalue weighted by molar-refractivity contribution is 0.0695. The number of rotatable bonds is 3. The second kappa shape index (κ2) is 4.31. The quantitative estimate of drug-likeness (QED) is 0.664. The van der Waals surface area contributed by atoms with E-state index in [2.05, 4.69) is 4.99 Å². The van der Waals surface area contributed by atoms with Crippen molar-refractivity contribution >= 4 is 12.0 Å². The summed E-state index contributed by atoms with van der Waals surface area (Å²) in [6, 6.07) is 1.47. The molecule has 0 unspecified atom stereocenters. The first kappa shape index (κ1) is 12.4. The average molecular weight is 253 g/mol. The van der Waals surface area contributed by atoms with Gasteiger partial charge in [0.25, 0.3) is 0 Å². The first-order chi connectivity index (χ1) is 8.50. The maximum absolute atomic E-state index is 13.8. The molecule has 1 aromatic rings. The van der Waals surface area contributed by atoms with Gasteiger partial charge in [0.05, 0.1) is 11.1 Å². The predicted octanol–water partition coefficient (Wildman–Crippen LogP) is 2.38. The minimum atomic E-state index is -1.42. The van der Waals surface area contributed by atoms with Crippen molar-refractivity contribution in [3.05, 3.63) is 34.9 Å². The van der Waals surface area contributed by atoms with Crippen molar-refractivity contribution in [1.29, 1.82) is 0 Å². The van der Waals surface area contributed by atoms with E-state index >= 15 is 0 Å². The molecule has 0 spiro atoms. The van der Waals surface area contributed by atoms with Crippen LogP contribution in [0.4, 0.5) is 8.78 Å². The standard InChI is InChI=1S/C12H9F2NO3/c13-8-4-7(11(17)18)5-9(14)10(8)12(15-6-16)2-1-3-12/h4-5H,1-3H2,(H,17,18). The normalized spacial score (nSPS) is 16.6. The maximum Gasteiger partial charge on any atom is 0.335 e. The topological polar surface area (TPSA) is 66.7 Å². The van der Waals surface area contributed by atoms with E-state index in [9.17, 15) is 18.4 Å². The number of carbonyl (C=O) groups excluding carboxylic acids is 1. The van der Waals surface area contributed by atoms with Crippen LogP contribution in [0.5, 0.6) is 0 Å². The Morgan fingerprint density at radius 3 is 2.22 bits per heavy atom. The van der Waals surface area contributed by atoms with E-state index in [4.69, 9.17) is 5.11 Å². The zero-order valence-corrected chi connectivity index (χ0v) is 9.24. The molecule has 0 aromatic heterocycles. The van der Waals surface area contributed by atoms with Gasteiger partial charge in [-0.05, 0) is 31.4 Å². The molecule has 0 aliphatic heterocycles. The summed E-state index contributed by atoms with van der Waals surface area (Å²) in [5.41, 5.74) is -2.03. The van der Waals surface area contributed by atoms with Gasteiger partial charge in [-0.2, -0.15) is 4.99 Å². The van der Waals surface area contributed by atoms with Crippen molar-refractivity contribution in [2.24, 2.45) is 4.99 Å². The highest BCUT2D eigenvalue weighted by Crippen LogP contribution is 2.46. The third-order valence-electron chi connectivity index (χ3n) is 3.19. The number of halogens is 2. The van der Waals surface area contributed by atoms with Crippen LogP contribution in [0.15, 0.2) is 17.1 Å². The van der Waals surface area contributed by atoms with Gasteiger partial charge < -0.3 is 5.11 Å². The Balaban J connectivity index is 2.58. The van der Waals surface area contributed by atoms with Crippen LogP contribution < -0.4 is 0 Å². The van der Waals surface area contributed by atoms with Crippen LogP contribution in [0.3, 0.4) is 0 Å². The van der Waals surface area contributed by atoms with Crippen molar-refractivity contribution in [3.63, 3.8) is 0 Å². The Morgan fingerprint density at radius 1 is 1.33 bits per heavy atom. The monoisotopic (exact) mass is 253 g/mol. The average Bonchev–Trinajstić information content (AvgIpc) is 2.24.